The molecule has 0 bridgehead atoms. The molecular weight excluding hydrogens is 330 g/mol. The summed E-state index contributed by atoms with van der Waals surface area (Å²) in [5, 5.41) is 4.06. The van der Waals surface area contributed by atoms with Crippen molar-refractivity contribution in [1.82, 2.24) is 15.2 Å². The Bertz CT molecular complexity index is 771. The summed E-state index contributed by atoms with van der Waals surface area (Å²) in [4.78, 5) is 30.3. The van der Waals surface area contributed by atoms with E-state index >= 15 is 0 Å². The van der Waals surface area contributed by atoms with E-state index in [-0.39, 0.29) is 17.7 Å². The Morgan fingerprint density at radius 3 is 2.92 bits per heavy atom. The van der Waals surface area contributed by atoms with Gasteiger partial charge in [0.25, 0.3) is 0 Å². The number of carbonyl (C=O) groups is 2. The quantitative estimate of drug-likeness (QED) is 0.745. The standard InChI is InChI=1S/C20H27N3O3/c1-3-26-10-4-9-23-13-14(2)19(24)22-18(20(23)25)12-15-5-6-16-7-8-21-17(16)11-15/h5-8,11,14,18,21H,3-4,9-10,12-13H2,1-2H3,(H,22,24). The Balaban J connectivity index is 1.72. The molecule has 1 aliphatic heterocycles. The number of nitrogens with zero attached hydrogens (tertiary/aromatic N) is 1. The number of nitrogens with one attached hydrogen (secondary N) is 2. The molecular formula is C20H27N3O3. The van der Waals surface area contributed by atoms with Crippen LogP contribution in [0.4, 0.5) is 0 Å². The van der Waals surface area contributed by atoms with E-state index in [1.807, 2.05) is 44.3 Å². The van der Waals surface area contributed by atoms with E-state index in [1.165, 1.54) is 0 Å². The van der Waals surface area contributed by atoms with Gasteiger partial charge >= 0.3 is 0 Å². The third-order valence-corrected chi connectivity index (χ3v) is 4.85. The highest BCUT2D eigenvalue weighted by Crippen LogP contribution is 2.18. The molecule has 0 spiro atoms. The molecule has 1 aromatic heterocycles. The van der Waals surface area contributed by atoms with Gasteiger partial charge in [0.2, 0.25) is 11.8 Å². The van der Waals surface area contributed by atoms with Crippen molar-refractivity contribution < 1.29 is 14.3 Å². The highest BCUT2D eigenvalue weighted by atomic mass is 16.5. The number of amides is 2. The predicted octanol–water partition coefficient (Wildman–Crippen LogP) is 2.10. The smallest absolute Gasteiger partial charge is 0.245 e. The number of ether oxygens (including phenoxy) is 1. The van der Waals surface area contributed by atoms with Gasteiger partial charge in [-0.25, -0.2) is 0 Å². The molecule has 2 unspecified atom stereocenters. The summed E-state index contributed by atoms with van der Waals surface area (Å²) in [5.74, 6) is -0.274. The first-order valence-electron chi connectivity index (χ1n) is 9.31. The Kier molecular flexibility index (Phi) is 5.93. The van der Waals surface area contributed by atoms with Gasteiger partial charge in [-0.05, 0) is 36.4 Å². The van der Waals surface area contributed by atoms with Crippen LogP contribution in [0.2, 0.25) is 0 Å². The lowest BCUT2D eigenvalue weighted by atomic mass is 10.0. The van der Waals surface area contributed by atoms with Crippen molar-refractivity contribution in [2.75, 3.05) is 26.3 Å². The van der Waals surface area contributed by atoms with Crippen LogP contribution in [0.15, 0.2) is 30.5 Å². The molecule has 2 heterocycles. The van der Waals surface area contributed by atoms with Crippen molar-refractivity contribution >= 4 is 22.7 Å². The average molecular weight is 357 g/mol. The van der Waals surface area contributed by atoms with Gasteiger partial charge in [0.1, 0.15) is 6.04 Å². The van der Waals surface area contributed by atoms with Crippen LogP contribution in [0.1, 0.15) is 25.8 Å². The summed E-state index contributed by atoms with van der Waals surface area (Å²) in [6.45, 7) is 6.20. The third kappa shape index (κ3) is 4.25. The molecule has 0 aliphatic carbocycles. The lowest BCUT2D eigenvalue weighted by molar-refractivity contribution is -0.133. The van der Waals surface area contributed by atoms with Crippen LogP contribution >= 0.6 is 0 Å². The Hall–Kier alpha value is -2.34. The van der Waals surface area contributed by atoms with Gasteiger partial charge in [0, 0.05) is 44.4 Å². The summed E-state index contributed by atoms with van der Waals surface area (Å²) in [6.07, 6.45) is 3.17. The van der Waals surface area contributed by atoms with E-state index in [2.05, 4.69) is 10.3 Å². The van der Waals surface area contributed by atoms with E-state index in [4.69, 9.17) is 4.74 Å². The maximum Gasteiger partial charge on any atom is 0.245 e. The average Bonchev–Trinajstić information content (AvgIpc) is 3.07. The molecule has 2 N–H and O–H groups in total. The molecule has 6 heteroatoms. The van der Waals surface area contributed by atoms with Crippen LogP contribution < -0.4 is 5.32 Å². The molecule has 140 valence electrons. The van der Waals surface area contributed by atoms with Crippen LogP contribution in [0.25, 0.3) is 10.9 Å². The van der Waals surface area contributed by atoms with E-state index in [1.54, 1.807) is 4.90 Å². The monoisotopic (exact) mass is 357 g/mol. The summed E-state index contributed by atoms with van der Waals surface area (Å²) in [5.41, 5.74) is 2.07. The highest BCUT2D eigenvalue weighted by Gasteiger charge is 2.33. The summed E-state index contributed by atoms with van der Waals surface area (Å²) in [7, 11) is 0. The number of fused-ring (bicyclic) bond motifs is 1. The minimum absolute atomic E-state index is 0.00854. The lowest BCUT2D eigenvalue weighted by Crippen LogP contribution is -2.46. The maximum atomic E-state index is 13.0. The molecule has 3 rings (SSSR count). The van der Waals surface area contributed by atoms with Gasteiger partial charge < -0.3 is 19.9 Å². The van der Waals surface area contributed by atoms with Gasteiger partial charge in [0.05, 0.1) is 5.92 Å². The Labute approximate surface area is 153 Å². The van der Waals surface area contributed by atoms with Crippen LogP contribution in [0, 0.1) is 5.92 Å². The van der Waals surface area contributed by atoms with E-state index in [0.29, 0.717) is 32.7 Å². The fourth-order valence-corrected chi connectivity index (χ4v) is 3.40. The molecule has 2 atom stereocenters. The lowest BCUT2D eigenvalue weighted by Gasteiger charge is -2.24. The van der Waals surface area contributed by atoms with Crippen molar-refractivity contribution in [2.45, 2.75) is 32.7 Å². The zero-order valence-corrected chi connectivity index (χ0v) is 15.5. The number of carbonyl (C=O) groups excluding carboxylic acids is 2. The van der Waals surface area contributed by atoms with Crippen molar-refractivity contribution in [1.29, 1.82) is 0 Å². The summed E-state index contributed by atoms with van der Waals surface area (Å²) >= 11 is 0. The van der Waals surface area contributed by atoms with Crippen molar-refractivity contribution in [3.05, 3.63) is 36.0 Å². The predicted molar refractivity (Wildman–Crippen MR) is 101 cm³/mol. The molecule has 2 aromatic rings. The van der Waals surface area contributed by atoms with Crippen LogP contribution in [-0.2, 0) is 20.7 Å². The van der Waals surface area contributed by atoms with E-state index in [0.717, 1.165) is 22.9 Å². The molecule has 26 heavy (non-hydrogen) atoms. The van der Waals surface area contributed by atoms with Crippen LogP contribution in [-0.4, -0.2) is 54.0 Å². The zero-order chi connectivity index (χ0) is 18.5. The van der Waals surface area contributed by atoms with Crippen molar-refractivity contribution in [3.63, 3.8) is 0 Å². The molecule has 6 nitrogen and oxygen atoms in total. The summed E-state index contributed by atoms with van der Waals surface area (Å²) < 4.78 is 5.37. The van der Waals surface area contributed by atoms with Crippen molar-refractivity contribution in [3.8, 4) is 0 Å². The molecule has 1 aromatic carbocycles. The number of H-pyrrole nitrogens is 1. The minimum Gasteiger partial charge on any atom is -0.382 e. The molecule has 0 radical (unpaired) electrons. The van der Waals surface area contributed by atoms with Gasteiger partial charge in [-0.1, -0.05) is 19.1 Å². The second kappa shape index (κ2) is 8.36. The van der Waals surface area contributed by atoms with Gasteiger partial charge in [-0.15, -0.1) is 0 Å². The number of hydrogen-bond donors (Lipinski definition) is 2. The van der Waals surface area contributed by atoms with Gasteiger partial charge in [-0.3, -0.25) is 9.59 Å². The number of benzene rings is 1. The van der Waals surface area contributed by atoms with Gasteiger partial charge in [-0.2, -0.15) is 0 Å². The molecule has 2 amide bonds. The van der Waals surface area contributed by atoms with Crippen LogP contribution in [0.3, 0.4) is 0 Å². The first kappa shape index (κ1) is 18.5. The first-order valence-corrected chi connectivity index (χ1v) is 9.31. The summed E-state index contributed by atoms with van der Waals surface area (Å²) in [6, 6.07) is 7.59. The highest BCUT2D eigenvalue weighted by molar-refractivity contribution is 5.91. The number of rotatable bonds is 7. The van der Waals surface area contributed by atoms with Crippen molar-refractivity contribution in [2.24, 2.45) is 5.92 Å². The number of hydrogen-bond acceptors (Lipinski definition) is 3. The molecule has 0 saturated carbocycles. The van der Waals surface area contributed by atoms with Gasteiger partial charge in [0.15, 0.2) is 0 Å². The maximum absolute atomic E-state index is 13.0. The molecule has 1 saturated heterocycles. The largest absolute Gasteiger partial charge is 0.382 e. The topological polar surface area (TPSA) is 74.4 Å². The zero-order valence-electron chi connectivity index (χ0n) is 15.5. The second-order valence-electron chi connectivity index (χ2n) is 6.90. The van der Waals surface area contributed by atoms with E-state index < -0.39 is 6.04 Å². The van der Waals surface area contributed by atoms with E-state index in [9.17, 15) is 9.59 Å². The number of aromatic nitrogens is 1. The first-order chi connectivity index (χ1) is 12.6. The molecule has 1 fully saturated rings. The fraction of sp³-hybridized carbons (Fsp3) is 0.500. The Morgan fingerprint density at radius 1 is 1.27 bits per heavy atom. The second-order valence-corrected chi connectivity index (χ2v) is 6.90. The fourth-order valence-electron chi connectivity index (χ4n) is 3.40. The van der Waals surface area contributed by atoms with Crippen LogP contribution in [0.5, 0.6) is 0 Å². The minimum atomic E-state index is -0.521. The SMILES string of the molecule is CCOCCCN1CC(C)C(=O)NC(Cc2ccc3cc[nH]c3c2)C1=O. The number of aromatic amines is 1. The Morgan fingerprint density at radius 2 is 2.12 bits per heavy atom. The molecule has 1 aliphatic rings. The normalized spacial score (nSPS) is 21.1. The third-order valence-electron chi connectivity index (χ3n) is 4.85.